The molecule has 0 aromatic carbocycles. The standard InChI is InChI=1S/C13H16N4O2/c1-2-17(8-10-4-3-5-19-10)13-11(12(15)18)6-9(14)7-16-13/h3-7H,2,8,14H2,1H3,(H2,15,18). The Morgan fingerprint density at radius 1 is 1.53 bits per heavy atom. The second kappa shape index (κ2) is 5.43. The van der Waals surface area contributed by atoms with Gasteiger partial charge in [-0.25, -0.2) is 4.98 Å². The number of nitrogen functional groups attached to an aromatic ring is 1. The van der Waals surface area contributed by atoms with E-state index >= 15 is 0 Å². The zero-order chi connectivity index (χ0) is 13.8. The number of primary amides is 1. The smallest absolute Gasteiger partial charge is 0.252 e. The van der Waals surface area contributed by atoms with E-state index in [4.69, 9.17) is 15.9 Å². The molecule has 100 valence electrons. The highest BCUT2D eigenvalue weighted by molar-refractivity contribution is 5.98. The van der Waals surface area contributed by atoms with Crippen molar-refractivity contribution < 1.29 is 9.21 Å². The first-order chi connectivity index (χ1) is 9.11. The molecule has 0 unspecified atom stereocenters. The highest BCUT2D eigenvalue weighted by Crippen LogP contribution is 2.21. The van der Waals surface area contributed by atoms with E-state index in [0.717, 1.165) is 5.76 Å². The van der Waals surface area contributed by atoms with Gasteiger partial charge in [0.2, 0.25) is 0 Å². The fraction of sp³-hybridized carbons (Fsp3) is 0.231. The van der Waals surface area contributed by atoms with Gasteiger partial charge in [-0.05, 0) is 25.1 Å². The predicted octanol–water partition coefficient (Wildman–Crippen LogP) is 1.38. The first-order valence-corrected chi connectivity index (χ1v) is 5.94. The van der Waals surface area contributed by atoms with Gasteiger partial charge in [-0.2, -0.15) is 0 Å². The van der Waals surface area contributed by atoms with E-state index in [1.54, 1.807) is 6.26 Å². The van der Waals surface area contributed by atoms with Gasteiger partial charge in [0.1, 0.15) is 11.6 Å². The third-order valence-corrected chi connectivity index (χ3v) is 2.76. The molecule has 0 radical (unpaired) electrons. The Hall–Kier alpha value is -2.50. The van der Waals surface area contributed by atoms with Gasteiger partial charge < -0.3 is 20.8 Å². The van der Waals surface area contributed by atoms with E-state index < -0.39 is 5.91 Å². The quantitative estimate of drug-likeness (QED) is 0.846. The van der Waals surface area contributed by atoms with Gasteiger partial charge in [0.05, 0.1) is 30.3 Å². The molecular formula is C13H16N4O2. The molecule has 2 aromatic heterocycles. The SMILES string of the molecule is CCN(Cc1ccco1)c1ncc(N)cc1C(N)=O. The number of hydrogen-bond donors (Lipinski definition) is 2. The maximum atomic E-state index is 11.5. The number of nitrogens with zero attached hydrogens (tertiary/aromatic N) is 2. The van der Waals surface area contributed by atoms with Gasteiger partial charge in [-0.3, -0.25) is 4.79 Å². The van der Waals surface area contributed by atoms with Crippen molar-refractivity contribution in [1.82, 2.24) is 4.98 Å². The van der Waals surface area contributed by atoms with Crippen molar-refractivity contribution in [1.29, 1.82) is 0 Å². The zero-order valence-electron chi connectivity index (χ0n) is 10.7. The molecule has 0 aliphatic carbocycles. The number of anilines is 2. The molecular weight excluding hydrogens is 244 g/mol. The fourth-order valence-electron chi connectivity index (χ4n) is 1.83. The molecule has 0 aliphatic rings. The Kier molecular flexibility index (Phi) is 3.70. The first-order valence-electron chi connectivity index (χ1n) is 5.94. The number of hydrogen-bond acceptors (Lipinski definition) is 5. The van der Waals surface area contributed by atoms with Crippen molar-refractivity contribution in [2.45, 2.75) is 13.5 Å². The van der Waals surface area contributed by atoms with Gasteiger partial charge >= 0.3 is 0 Å². The zero-order valence-corrected chi connectivity index (χ0v) is 10.7. The van der Waals surface area contributed by atoms with Crippen LogP contribution in [0.3, 0.4) is 0 Å². The molecule has 6 heteroatoms. The Morgan fingerprint density at radius 2 is 2.32 bits per heavy atom. The summed E-state index contributed by atoms with van der Waals surface area (Å²) in [5.41, 5.74) is 11.7. The third-order valence-electron chi connectivity index (χ3n) is 2.76. The minimum absolute atomic E-state index is 0.313. The van der Waals surface area contributed by atoms with Crippen LogP contribution in [0.4, 0.5) is 11.5 Å². The van der Waals surface area contributed by atoms with Crippen LogP contribution in [0.25, 0.3) is 0 Å². The summed E-state index contributed by atoms with van der Waals surface area (Å²) in [5, 5.41) is 0. The summed E-state index contributed by atoms with van der Waals surface area (Å²) in [6.07, 6.45) is 3.11. The number of amides is 1. The number of furan rings is 1. The van der Waals surface area contributed by atoms with Crippen LogP contribution in [0.15, 0.2) is 35.1 Å². The summed E-state index contributed by atoms with van der Waals surface area (Å²) < 4.78 is 5.30. The van der Waals surface area contributed by atoms with Crippen LogP contribution in [0.2, 0.25) is 0 Å². The largest absolute Gasteiger partial charge is 0.467 e. The predicted molar refractivity (Wildman–Crippen MR) is 72.6 cm³/mol. The van der Waals surface area contributed by atoms with Crippen LogP contribution in [-0.2, 0) is 6.54 Å². The van der Waals surface area contributed by atoms with Crippen molar-refractivity contribution in [3.63, 3.8) is 0 Å². The lowest BCUT2D eigenvalue weighted by Gasteiger charge is -2.22. The fourth-order valence-corrected chi connectivity index (χ4v) is 1.83. The number of rotatable bonds is 5. The van der Waals surface area contributed by atoms with Crippen LogP contribution in [0.5, 0.6) is 0 Å². The summed E-state index contributed by atoms with van der Waals surface area (Å²) in [5.74, 6) is 0.754. The van der Waals surface area contributed by atoms with E-state index in [0.29, 0.717) is 30.2 Å². The molecule has 2 rings (SSSR count). The second-order valence-corrected chi connectivity index (χ2v) is 4.10. The summed E-state index contributed by atoms with van der Waals surface area (Å²) in [6.45, 7) is 3.14. The Bertz CT molecular complexity index is 566. The molecule has 6 nitrogen and oxygen atoms in total. The minimum atomic E-state index is -0.548. The van der Waals surface area contributed by atoms with Crippen LogP contribution in [-0.4, -0.2) is 17.4 Å². The lowest BCUT2D eigenvalue weighted by atomic mass is 10.2. The van der Waals surface area contributed by atoms with Gasteiger partial charge in [0.15, 0.2) is 0 Å². The van der Waals surface area contributed by atoms with Crippen LogP contribution < -0.4 is 16.4 Å². The highest BCUT2D eigenvalue weighted by Gasteiger charge is 2.16. The van der Waals surface area contributed by atoms with Crippen molar-refractivity contribution in [2.75, 3.05) is 17.2 Å². The Labute approximate surface area is 111 Å². The van der Waals surface area contributed by atoms with Crippen molar-refractivity contribution >= 4 is 17.4 Å². The summed E-state index contributed by atoms with van der Waals surface area (Å²) >= 11 is 0. The average Bonchev–Trinajstić information content (AvgIpc) is 2.89. The van der Waals surface area contributed by atoms with Gasteiger partial charge in [0.25, 0.3) is 5.91 Å². The molecule has 0 saturated carbocycles. The van der Waals surface area contributed by atoms with E-state index in [-0.39, 0.29) is 0 Å². The minimum Gasteiger partial charge on any atom is -0.467 e. The number of nitrogens with two attached hydrogens (primary N) is 2. The number of carbonyl (C=O) groups excluding carboxylic acids is 1. The molecule has 4 N–H and O–H groups in total. The van der Waals surface area contributed by atoms with E-state index in [1.165, 1.54) is 12.3 Å². The molecule has 2 heterocycles. The normalized spacial score (nSPS) is 10.4. The maximum Gasteiger partial charge on any atom is 0.252 e. The molecule has 0 saturated heterocycles. The van der Waals surface area contributed by atoms with Crippen LogP contribution in [0, 0.1) is 0 Å². The Morgan fingerprint density at radius 3 is 2.89 bits per heavy atom. The molecule has 0 atom stereocenters. The van der Waals surface area contributed by atoms with Crippen molar-refractivity contribution in [2.24, 2.45) is 5.73 Å². The topological polar surface area (TPSA) is 98.4 Å². The van der Waals surface area contributed by atoms with Crippen molar-refractivity contribution in [3.8, 4) is 0 Å². The second-order valence-electron chi connectivity index (χ2n) is 4.10. The van der Waals surface area contributed by atoms with Crippen molar-refractivity contribution in [3.05, 3.63) is 42.0 Å². The highest BCUT2D eigenvalue weighted by atomic mass is 16.3. The lowest BCUT2D eigenvalue weighted by molar-refractivity contribution is 0.100. The number of aromatic nitrogens is 1. The van der Waals surface area contributed by atoms with Gasteiger partial charge in [-0.1, -0.05) is 0 Å². The number of carbonyl (C=O) groups is 1. The first kappa shape index (κ1) is 12.9. The monoisotopic (exact) mass is 260 g/mol. The molecule has 2 aromatic rings. The summed E-state index contributed by atoms with van der Waals surface area (Å²) in [4.78, 5) is 17.6. The molecule has 1 amide bonds. The molecule has 19 heavy (non-hydrogen) atoms. The van der Waals surface area contributed by atoms with Crippen LogP contribution >= 0.6 is 0 Å². The summed E-state index contributed by atoms with van der Waals surface area (Å²) in [7, 11) is 0. The third kappa shape index (κ3) is 2.85. The van der Waals surface area contributed by atoms with E-state index in [1.807, 2.05) is 24.0 Å². The molecule has 0 spiro atoms. The van der Waals surface area contributed by atoms with Crippen LogP contribution in [0.1, 0.15) is 23.0 Å². The van der Waals surface area contributed by atoms with Gasteiger partial charge in [0, 0.05) is 6.54 Å². The average molecular weight is 260 g/mol. The van der Waals surface area contributed by atoms with E-state index in [9.17, 15) is 4.79 Å². The maximum absolute atomic E-state index is 11.5. The summed E-state index contributed by atoms with van der Waals surface area (Å²) in [6, 6.07) is 5.22. The molecule has 0 aliphatic heterocycles. The molecule has 0 fully saturated rings. The van der Waals surface area contributed by atoms with E-state index in [2.05, 4.69) is 4.98 Å². The lowest BCUT2D eigenvalue weighted by Crippen LogP contribution is -2.27. The van der Waals surface area contributed by atoms with Gasteiger partial charge in [-0.15, -0.1) is 0 Å². The molecule has 0 bridgehead atoms. The Balaban J connectivity index is 2.35. The number of pyridine rings is 1.